The van der Waals surface area contributed by atoms with Crippen LogP contribution in [0.4, 0.5) is 0 Å². The number of rotatable bonds is 8. The lowest BCUT2D eigenvalue weighted by atomic mass is 9.90. The molecule has 2 rings (SSSR count). The van der Waals surface area contributed by atoms with Crippen molar-refractivity contribution in [1.29, 1.82) is 0 Å². The lowest BCUT2D eigenvalue weighted by molar-refractivity contribution is -0.0820. The summed E-state index contributed by atoms with van der Waals surface area (Å²) in [5.41, 5.74) is 1.39. The third-order valence-corrected chi connectivity index (χ3v) is 4.87. The van der Waals surface area contributed by atoms with Crippen molar-refractivity contribution in [1.82, 2.24) is 0 Å². The molecule has 0 N–H and O–H groups in total. The standard InChI is InChI=1S/C21H34O2/c1-16(2)14-17(3)20-10-12-21(13-11-20)23-18(4)22-15-19-8-6-5-7-9-19/h10-13,16-19H,5-9,14-15H2,1-4H3. The highest BCUT2D eigenvalue weighted by Gasteiger charge is 2.15. The van der Waals surface area contributed by atoms with Crippen LogP contribution in [0, 0.1) is 11.8 Å². The zero-order chi connectivity index (χ0) is 16.7. The van der Waals surface area contributed by atoms with E-state index in [1.807, 2.05) is 6.92 Å². The van der Waals surface area contributed by atoms with Crippen molar-refractivity contribution in [3.63, 3.8) is 0 Å². The summed E-state index contributed by atoms with van der Waals surface area (Å²) in [5, 5.41) is 0. The van der Waals surface area contributed by atoms with Crippen LogP contribution in [-0.4, -0.2) is 12.9 Å². The van der Waals surface area contributed by atoms with E-state index in [2.05, 4.69) is 45.0 Å². The molecule has 130 valence electrons. The van der Waals surface area contributed by atoms with E-state index in [1.165, 1.54) is 44.1 Å². The molecule has 0 bridgehead atoms. The van der Waals surface area contributed by atoms with Crippen LogP contribution in [0.1, 0.15) is 77.7 Å². The lowest BCUT2D eigenvalue weighted by Gasteiger charge is -2.24. The SMILES string of the molecule is CC(C)CC(C)c1ccc(OC(C)OCC2CCCCC2)cc1. The first-order chi connectivity index (χ1) is 11.0. The molecule has 23 heavy (non-hydrogen) atoms. The summed E-state index contributed by atoms with van der Waals surface area (Å²) in [6.45, 7) is 9.69. The molecule has 0 heterocycles. The second kappa shape index (κ2) is 9.32. The van der Waals surface area contributed by atoms with Crippen molar-refractivity contribution in [2.45, 2.75) is 78.4 Å². The molecule has 1 aliphatic rings. The van der Waals surface area contributed by atoms with E-state index < -0.39 is 0 Å². The molecule has 0 spiro atoms. The van der Waals surface area contributed by atoms with Gasteiger partial charge in [0.25, 0.3) is 0 Å². The maximum atomic E-state index is 5.90. The number of hydrogen-bond donors (Lipinski definition) is 0. The smallest absolute Gasteiger partial charge is 0.196 e. The number of hydrogen-bond acceptors (Lipinski definition) is 2. The summed E-state index contributed by atoms with van der Waals surface area (Å²) in [4.78, 5) is 0. The molecule has 0 aliphatic heterocycles. The minimum absolute atomic E-state index is 0.170. The molecule has 1 fully saturated rings. The van der Waals surface area contributed by atoms with Gasteiger partial charge in [-0.15, -0.1) is 0 Å². The average Bonchev–Trinajstić information content (AvgIpc) is 2.54. The van der Waals surface area contributed by atoms with Crippen molar-refractivity contribution in [3.8, 4) is 5.75 Å². The van der Waals surface area contributed by atoms with Gasteiger partial charge in [0, 0.05) is 0 Å². The first kappa shape index (κ1) is 18.3. The van der Waals surface area contributed by atoms with Gasteiger partial charge in [-0.3, -0.25) is 0 Å². The van der Waals surface area contributed by atoms with E-state index in [0.717, 1.165) is 24.2 Å². The quantitative estimate of drug-likeness (QED) is 0.534. The molecular formula is C21H34O2. The predicted molar refractivity (Wildman–Crippen MR) is 96.9 cm³/mol. The van der Waals surface area contributed by atoms with Gasteiger partial charge < -0.3 is 9.47 Å². The summed E-state index contributed by atoms with van der Waals surface area (Å²) < 4.78 is 11.8. The van der Waals surface area contributed by atoms with Crippen molar-refractivity contribution in [2.24, 2.45) is 11.8 Å². The Balaban J connectivity index is 1.75. The molecule has 0 amide bonds. The van der Waals surface area contributed by atoms with Crippen molar-refractivity contribution in [3.05, 3.63) is 29.8 Å². The summed E-state index contributed by atoms with van der Waals surface area (Å²) in [7, 11) is 0. The van der Waals surface area contributed by atoms with Gasteiger partial charge in [-0.1, -0.05) is 52.2 Å². The van der Waals surface area contributed by atoms with Crippen molar-refractivity contribution in [2.75, 3.05) is 6.61 Å². The number of benzene rings is 1. The Kier molecular flexibility index (Phi) is 7.42. The van der Waals surface area contributed by atoms with Gasteiger partial charge in [-0.05, 0) is 61.6 Å². The minimum atomic E-state index is -0.170. The number of ether oxygens (including phenoxy) is 2. The molecule has 0 saturated heterocycles. The highest BCUT2D eigenvalue weighted by atomic mass is 16.7. The molecular weight excluding hydrogens is 284 g/mol. The molecule has 2 heteroatoms. The van der Waals surface area contributed by atoms with Gasteiger partial charge in [0.15, 0.2) is 6.29 Å². The van der Waals surface area contributed by atoms with Crippen LogP contribution in [-0.2, 0) is 4.74 Å². The van der Waals surface area contributed by atoms with Gasteiger partial charge in [0.1, 0.15) is 5.75 Å². The summed E-state index contributed by atoms with van der Waals surface area (Å²) in [5.74, 6) is 2.97. The zero-order valence-electron chi connectivity index (χ0n) is 15.4. The Morgan fingerprint density at radius 3 is 2.22 bits per heavy atom. The Labute approximate surface area is 142 Å². The summed E-state index contributed by atoms with van der Waals surface area (Å²) in [6, 6.07) is 8.53. The van der Waals surface area contributed by atoms with E-state index in [0.29, 0.717) is 5.92 Å². The first-order valence-electron chi connectivity index (χ1n) is 9.42. The minimum Gasteiger partial charge on any atom is -0.465 e. The monoisotopic (exact) mass is 318 g/mol. The van der Waals surface area contributed by atoms with Gasteiger partial charge in [-0.2, -0.15) is 0 Å². The summed E-state index contributed by atoms with van der Waals surface area (Å²) in [6.07, 6.45) is 7.80. The van der Waals surface area contributed by atoms with Crippen LogP contribution < -0.4 is 4.74 Å². The van der Waals surface area contributed by atoms with Crippen LogP contribution in [0.15, 0.2) is 24.3 Å². The fourth-order valence-electron chi connectivity index (χ4n) is 3.57. The van der Waals surface area contributed by atoms with Gasteiger partial charge >= 0.3 is 0 Å². The van der Waals surface area contributed by atoms with Gasteiger partial charge in [-0.25, -0.2) is 0 Å². The highest BCUT2D eigenvalue weighted by molar-refractivity contribution is 5.29. The van der Waals surface area contributed by atoms with E-state index in [9.17, 15) is 0 Å². The molecule has 0 aromatic heterocycles. The molecule has 1 aromatic rings. The third-order valence-electron chi connectivity index (χ3n) is 4.87. The van der Waals surface area contributed by atoms with E-state index in [1.54, 1.807) is 0 Å². The molecule has 2 unspecified atom stereocenters. The maximum Gasteiger partial charge on any atom is 0.196 e. The maximum absolute atomic E-state index is 5.90. The topological polar surface area (TPSA) is 18.5 Å². The molecule has 1 aliphatic carbocycles. The molecule has 2 atom stereocenters. The lowest BCUT2D eigenvalue weighted by Crippen LogP contribution is -2.22. The predicted octanol–water partition coefficient (Wildman–Crippen LogP) is 6.16. The third kappa shape index (κ3) is 6.55. The zero-order valence-corrected chi connectivity index (χ0v) is 15.4. The molecule has 0 radical (unpaired) electrons. The van der Waals surface area contributed by atoms with E-state index >= 15 is 0 Å². The van der Waals surface area contributed by atoms with Gasteiger partial charge in [0.05, 0.1) is 6.61 Å². The molecule has 1 aromatic carbocycles. The molecule has 1 saturated carbocycles. The van der Waals surface area contributed by atoms with Crippen LogP contribution in [0.2, 0.25) is 0 Å². The van der Waals surface area contributed by atoms with Crippen molar-refractivity contribution >= 4 is 0 Å². The average molecular weight is 319 g/mol. The van der Waals surface area contributed by atoms with Gasteiger partial charge in [0.2, 0.25) is 0 Å². The fraction of sp³-hybridized carbons (Fsp3) is 0.714. The normalized spacial score (nSPS) is 18.8. The second-order valence-corrected chi connectivity index (χ2v) is 7.62. The largest absolute Gasteiger partial charge is 0.465 e. The Morgan fingerprint density at radius 2 is 1.61 bits per heavy atom. The fourth-order valence-corrected chi connectivity index (χ4v) is 3.57. The summed E-state index contributed by atoms with van der Waals surface area (Å²) >= 11 is 0. The Bertz CT molecular complexity index is 432. The van der Waals surface area contributed by atoms with Crippen molar-refractivity contribution < 1.29 is 9.47 Å². The van der Waals surface area contributed by atoms with E-state index in [-0.39, 0.29) is 6.29 Å². The highest BCUT2D eigenvalue weighted by Crippen LogP contribution is 2.26. The van der Waals surface area contributed by atoms with Crippen LogP contribution in [0.5, 0.6) is 5.75 Å². The van der Waals surface area contributed by atoms with Crippen LogP contribution in [0.3, 0.4) is 0 Å². The van der Waals surface area contributed by atoms with Crippen LogP contribution >= 0.6 is 0 Å². The Morgan fingerprint density at radius 1 is 0.957 bits per heavy atom. The first-order valence-corrected chi connectivity index (χ1v) is 9.42. The Hall–Kier alpha value is -1.02. The molecule has 2 nitrogen and oxygen atoms in total. The van der Waals surface area contributed by atoms with Crippen LogP contribution in [0.25, 0.3) is 0 Å². The van der Waals surface area contributed by atoms with E-state index in [4.69, 9.17) is 9.47 Å². The second-order valence-electron chi connectivity index (χ2n) is 7.62.